The molecule has 1 rings (SSSR count). The van der Waals surface area contributed by atoms with E-state index in [2.05, 4.69) is 0 Å². The van der Waals surface area contributed by atoms with Gasteiger partial charge in [-0.25, -0.2) is 0 Å². The van der Waals surface area contributed by atoms with Crippen LogP contribution in [0.25, 0.3) is 0 Å². The van der Waals surface area contributed by atoms with Crippen LogP contribution >= 0.6 is 0 Å². The van der Waals surface area contributed by atoms with E-state index in [1.165, 1.54) is 12.8 Å². The molecule has 0 spiro atoms. The van der Waals surface area contributed by atoms with E-state index in [1.807, 2.05) is 6.92 Å². The molecule has 0 aromatic heterocycles. The molecule has 0 unspecified atom stereocenters. The molecule has 1 saturated carbocycles. The van der Waals surface area contributed by atoms with Crippen molar-refractivity contribution in [3.63, 3.8) is 0 Å². The van der Waals surface area contributed by atoms with E-state index < -0.39 is 0 Å². The van der Waals surface area contributed by atoms with Crippen molar-refractivity contribution in [2.45, 2.75) is 45.1 Å². The molecule has 0 aliphatic heterocycles. The second kappa shape index (κ2) is 6.60. The Morgan fingerprint density at radius 1 is 1.45 bits per heavy atom. The van der Waals surface area contributed by atoms with Gasteiger partial charge in [0.05, 0.1) is 0 Å². The van der Waals surface area contributed by atoms with Gasteiger partial charge in [0.15, 0.2) is 0 Å². The van der Waals surface area contributed by atoms with Gasteiger partial charge in [0.2, 0.25) is 0 Å². The first kappa shape index (κ1) is 12.1. The number of carbonyl (C=O) groups excluding carboxylic acids is 1. The Balaban J connectivity index is 0.000001000. The fourth-order valence-corrected chi connectivity index (χ4v) is 1.28. The van der Waals surface area contributed by atoms with Crippen molar-refractivity contribution in [3.8, 4) is 0 Å². The first-order chi connectivity index (χ1) is 4.83. The summed E-state index contributed by atoms with van der Waals surface area (Å²) in [5.74, 6) is -0.0492. The van der Waals surface area contributed by atoms with Crippen LogP contribution in [0.4, 0.5) is 0 Å². The third kappa shape index (κ3) is 4.63. The summed E-state index contributed by atoms with van der Waals surface area (Å²) in [6.07, 6.45) is 5.35. The molecular weight excluding hydrogens is 167 g/mol. The normalized spacial score (nSPS) is 17.5. The molecule has 3 heteroatoms. The molecule has 59 valence electrons. The Morgan fingerprint density at radius 3 is 2.45 bits per heavy atom. The van der Waals surface area contributed by atoms with E-state index in [4.69, 9.17) is 4.74 Å². The van der Waals surface area contributed by atoms with Gasteiger partial charge in [0, 0.05) is 57.8 Å². The maximum Gasteiger partial charge on any atom is 0.305 e. The van der Waals surface area contributed by atoms with Gasteiger partial charge in [-0.2, -0.15) is 0 Å². The zero-order valence-electron chi connectivity index (χ0n) is 7.43. The molecule has 0 N–H and O–H groups in total. The average Bonchev–Trinajstić information content (AvgIpc) is 2.40. The molecule has 0 heterocycles. The predicted octanol–water partition coefficient (Wildman–Crippen LogP) is 1.50. The van der Waals surface area contributed by atoms with Gasteiger partial charge in [-0.3, -0.25) is 4.79 Å². The smallest absolute Gasteiger partial charge is 0.305 e. The van der Waals surface area contributed by atoms with Crippen LogP contribution < -0.4 is 0 Å². The van der Waals surface area contributed by atoms with Crippen LogP contribution in [-0.2, 0) is 9.53 Å². The van der Waals surface area contributed by atoms with Gasteiger partial charge >= 0.3 is 5.97 Å². The monoisotopic (exact) mass is 181 g/mol. The molecule has 0 aromatic rings. The van der Waals surface area contributed by atoms with Gasteiger partial charge in [0.1, 0.15) is 6.10 Å². The molecule has 1 fully saturated rings. The molecule has 0 saturated heterocycles. The summed E-state index contributed by atoms with van der Waals surface area (Å²) in [6.45, 7) is 1.83. The molecule has 2 nitrogen and oxygen atoms in total. The molecule has 0 aromatic carbocycles. The van der Waals surface area contributed by atoms with Crippen LogP contribution in [0.2, 0.25) is 0 Å². The first-order valence-electron chi connectivity index (χ1n) is 4.02. The first-order valence-corrected chi connectivity index (χ1v) is 4.02. The number of esters is 1. The van der Waals surface area contributed by atoms with Crippen molar-refractivity contribution in [2.75, 3.05) is 0 Å². The third-order valence-electron chi connectivity index (χ3n) is 1.89. The molecule has 1 aliphatic carbocycles. The van der Waals surface area contributed by atoms with E-state index in [1.54, 1.807) is 0 Å². The van der Waals surface area contributed by atoms with E-state index in [9.17, 15) is 4.79 Å². The minimum Gasteiger partial charge on any atom is -0.462 e. The summed E-state index contributed by atoms with van der Waals surface area (Å²) in [5, 5.41) is 0. The van der Waals surface area contributed by atoms with Gasteiger partial charge in [-0.15, -0.1) is 0 Å². The van der Waals surface area contributed by atoms with Gasteiger partial charge in [-0.1, -0.05) is 6.92 Å². The predicted molar refractivity (Wildman–Crippen MR) is 44.4 cm³/mol. The molecule has 0 bridgehead atoms. The maximum atomic E-state index is 10.7. The summed E-state index contributed by atoms with van der Waals surface area (Å²) in [7, 11) is 0. The topological polar surface area (TPSA) is 26.3 Å². The quantitative estimate of drug-likeness (QED) is 0.477. The molecule has 0 amide bonds. The summed E-state index contributed by atoms with van der Waals surface area (Å²) in [4.78, 5) is 10.7. The van der Waals surface area contributed by atoms with Crippen molar-refractivity contribution in [3.05, 3.63) is 0 Å². The number of hydrogen-bond donors (Lipinski definition) is 0. The molecule has 11 heavy (non-hydrogen) atoms. The van der Waals surface area contributed by atoms with E-state index in [0.29, 0.717) is 6.42 Å². The SMILES string of the molecule is CCC(=O)OC1CCCC1.[K]. The van der Waals surface area contributed by atoms with Crippen molar-refractivity contribution in [1.29, 1.82) is 0 Å². The van der Waals surface area contributed by atoms with E-state index in [0.717, 1.165) is 12.8 Å². The van der Waals surface area contributed by atoms with Crippen molar-refractivity contribution in [1.82, 2.24) is 0 Å². The number of carbonyl (C=O) groups is 1. The van der Waals surface area contributed by atoms with Crippen LogP contribution in [0, 0.1) is 0 Å². The largest absolute Gasteiger partial charge is 0.462 e. The second-order valence-electron chi connectivity index (χ2n) is 2.75. The number of rotatable bonds is 2. The van der Waals surface area contributed by atoms with Gasteiger partial charge in [-0.05, 0) is 25.7 Å². The summed E-state index contributed by atoms with van der Waals surface area (Å²) >= 11 is 0. The molecule has 0 atom stereocenters. The minimum atomic E-state index is -0.0492. The standard InChI is InChI=1S/C8H14O2.K/c1-2-8(9)10-7-5-3-4-6-7;/h7H,2-6H2,1H3;. The fraction of sp³-hybridized carbons (Fsp3) is 0.875. The summed E-state index contributed by atoms with van der Waals surface area (Å²) < 4.78 is 5.12. The third-order valence-corrected chi connectivity index (χ3v) is 1.89. The minimum absolute atomic E-state index is 0. The zero-order chi connectivity index (χ0) is 7.40. The maximum absolute atomic E-state index is 10.7. The average molecular weight is 181 g/mol. The van der Waals surface area contributed by atoms with E-state index in [-0.39, 0.29) is 63.5 Å². The van der Waals surface area contributed by atoms with Crippen molar-refractivity contribution >= 4 is 57.4 Å². The Labute approximate surface area is 110 Å². The van der Waals surface area contributed by atoms with Gasteiger partial charge < -0.3 is 4.74 Å². The second-order valence-corrected chi connectivity index (χ2v) is 2.75. The molecule has 1 radical (unpaired) electrons. The Kier molecular flexibility index (Phi) is 7.27. The van der Waals surface area contributed by atoms with E-state index >= 15 is 0 Å². The Morgan fingerprint density at radius 2 is 2.00 bits per heavy atom. The molecule has 1 aliphatic rings. The van der Waals surface area contributed by atoms with Crippen LogP contribution in [-0.4, -0.2) is 63.5 Å². The van der Waals surface area contributed by atoms with Crippen LogP contribution in [0.15, 0.2) is 0 Å². The zero-order valence-corrected chi connectivity index (χ0v) is 10.6. The Bertz CT molecular complexity index is 119. The van der Waals surface area contributed by atoms with Crippen LogP contribution in [0.5, 0.6) is 0 Å². The van der Waals surface area contributed by atoms with Crippen LogP contribution in [0.3, 0.4) is 0 Å². The fourth-order valence-electron chi connectivity index (χ4n) is 1.28. The van der Waals surface area contributed by atoms with Crippen molar-refractivity contribution < 1.29 is 9.53 Å². The summed E-state index contributed by atoms with van der Waals surface area (Å²) in [5.41, 5.74) is 0. The van der Waals surface area contributed by atoms with Gasteiger partial charge in [0.25, 0.3) is 0 Å². The Hall–Kier alpha value is 1.11. The number of hydrogen-bond acceptors (Lipinski definition) is 2. The summed E-state index contributed by atoms with van der Waals surface area (Å²) in [6, 6.07) is 0. The van der Waals surface area contributed by atoms with Crippen molar-refractivity contribution in [2.24, 2.45) is 0 Å². The number of ether oxygens (including phenoxy) is 1. The van der Waals surface area contributed by atoms with Crippen LogP contribution in [0.1, 0.15) is 39.0 Å². The molecular formula is C8H14KO2.